The topological polar surface area (TPSA) is 74.2 Å². The van der Waals surface area contributed by atoms with Gasteiger partial charge in [-0.2, -0.15) is 4.98 Å². The molecule has 1 heterocycles. The second-order valence-corrected chi connectivity index (χ2v) is 5.31. The molecule has 0 aliphatic heterocycles. The van der Waals surface area contributed by atoms with Gasteiger partial charge in [-0.15, -0.1) is 0 Å². The van der Waals surface area contributed by atoms with E-state index in [1.54, 1.807) is 19.2 Å². The number of nitrogens with two attached hydrogens (primary N) is 1. The lowest BCUT2D eigenvalue weighted by Gasteiger charge is -2.04. The largest absolute Gasteiger partial charge is 0.495 e. The zero-order valence-corrected chi connectivity index (χ0v) is 12.8. The highest BCUT2D eigenvalue weighted by Crippen LogP contribution is 2.29. The number of hydrogen-bond donors (Lipinski definition) is 1. The minimum absolute atomic E-state index is 0.416. The van der Waals surface area contributed by atoms with Gasteiger partial charge >= 0.3 is 0 Å². The number of benzene rings is 2. The Morgan fingerprint density at radius 1 is 1.14 bits per heavy atom. The average Bonchev–Trinajstić information content (AvgIpc) is 2.97. The van der Waals surface area contributed by atoms with Gasteiger partial charge in [0.25, 0.3) is 5.89 Å². The Kier molecular flexibility index (Phi) is 3.62. The Balaban J connectivity index is 1.96. The molecule has 0 aliphatic rings. The van der Waals surface area contributed by atoms with Gasteiger partial charge in [-0.3, -0.25) is 0 Å². The number of anilines is 1. The van der Waals surface area contributed by atoms with Crippen molar-refractivity contribution in [3.05, 3.63) is 46.9 Å². The fourth-order valence-electron chi connectivity index (χ4n) is 1.95. The van der Waals surface area contributed by atoms with Crippen molar-refractivity contribution in [2.45, 2.75) is 0 Å². The molecular weight excluding hydrogens is 334 g/mol. The molecule has 6 heteroatoms. The molecule has 0 saturated heterocycles. The summed E-state index contributed by atoms with van der Waals surface area (Å²) in [5.41, 5.74) is 8.04. The van der Waals surface area contributed by atoms with E-state index in [4.69, 9.17) is 15.0 Å². The maximum absolute atomic E-state index is 5.89. The van der Waals surface area contributed by atoms with Gasteiger partial charge in [0.05, 0.1) is 12.8 Å². The second-order valence-electron chi connectivity index (χ2n) is 4.39. The SMILES string of the molecule is COc1ccc(-c2nc(-c3cccc(Br)c3)no2)cc1N. The van der Waals surface area contributed by atoms with Crippen LogP contribution in [0.25, 0.3) is 22.8 Å². The van der Waals surface area contributed by atoms with E-state index in [-0.39, 0.29) is 0 Å². The average molecular weight is 346 g/mol. The molecular formula is C15H12BrN3O2. The summed E-state index contributed by atoms with van der Waals surface area (Å²) in [6, 6.07) is 13.0. The van der Waals surface area contributed by atoms with Crippen LogP contribution in [0.2, 0.25) is 0 Å². The van der Waals surface area contributed by atoms with Crippen molar-refractivity contribution in [2.24, 2.45) is 0 Å². The smallest absolute Gasteiger partial charge is 0.258 e. The van der Waals surface area contributed by atoms with E-state index in [1.807, 2.05) is 30.3 Å². The van der Waals surface area contributed by atoms with Gasteiger partial charge in [0, 0.05) is 15.6 Å². The van der Waals surface area contributed by atoms with Crippen molar-refractivity contribution in [1.29, 1.82) is 0 Å². The van der Waals surface area contributed by atoms with E-state index in [9.17, 15) is 0 Å². The lowest BCUT2D eigenvalue weighted by molar-refractivity contribution is 0.416. The Labute approximate surface area is 129 Å². The number of nitrogens with zero attached hydrogens (tertiary/aromatic N) is 2. The van der Waals surface area contributed by atoms with E-state index in [1.165, 1.54) is 0 Å². The standard InChI is InChI=1S/C15H12BrN3O2/c1-20-13-6-5-10(8-12(13)17)15-18-14(19-21-15)9-3-2-4-11(16)7-9/h2-8H,17H2,1H3. The van der Waals surface area contributed by atoms with Crippen molar-refractivity contribution in [1.82, 2.24) is 10.1 Å². The van der Waals surface area contributed by atoms with Crippen LogP contribution in [-0.4, -0.2) is 17.3 Å². The summed E-state index contributed by atoms with van der Waals surface area (Å²) in [5, 5.41) is 4.00. The summed E-state index contributed by atoms with van der Waals surface area (Å²) < 4.78 is 11.4. The lowest BCUT2D eigenvalue weighted by atomic mass is 10.2. The molecule has 0 unspecified atom stereocenters. The predicted molar refractivity (Wildman–Crippen MR) is 83.8 cm³/mol. The van der Waals surface area contributed by atoms with Gasteiger partial charge < -0.3 is 15.0 Å². The van der Waals surface area contributed by atoms with Gasteiger partial charge in [-0.05, 0) is 30.3 Å². The quantitative estimate of drug-likeness (QED) is 0.731. The molecule has 0 aliphatic carbocycles. The van der Waals surface area contributed by atoms with Crippen LogP contribution >= 0.6 is 15.9 Å². The molecule has 106 valence electrons. The third kappa shape index (κ3) is 2.75. The van der Waals surface area contributed by atoms with Crippen LogP contribution in [0.1, 0.15) is 0 Å². The molecule has 0 bridgehead atoms. The molecule has 3 rings (SSSR count). The van der Waals surface area contributed by atoms with Gasteiger partial charge in [0.1, 0.15) is 5.75 Å². The summed E-state index contributed by atoms with van der Waals surface area (Å²) >= 11 is 3.42. The van der Waals surface area contributed by atoms with Crippen LogP contribution in [0.15, 0.2) is 51.5 Å². The van der Waals surface area contributed by atoms with E-state index < -0.39 is 0 Å². The van der Waals surface area contributed by atoms with Crippen LogP contribution in [0, 0.1) is 0 Å². The Morgan fingerprint density at radius 3 is 2.71 bits per heavy atom. The van der Waals surface area contributed by atoms with E-state index in [2.05, 4.69) is 26.1 Å². The highest BCUT2D eigenvalue weighted by atomic mass is 79.9. The maximum atomic E-state index is 5.89. The first-order chi connectivity index (χ1) is 10.2. The highest BCUT2D eigenvalue weighted by Gasteiger charge is 2.12. The van der Waals surface area contributed by atoms with Crippen LogP contribution in [0.4, 0.5) is 5.69 Å². The summed E-state index contributed by atoms with van der Waals surface area (Å²) in [7, 11) is 1.57. The second kappa shape index (κ2) is 5.57. The fourth-order valence-corrected chi connectivity index (χ4v) is 2.35. The monoisotopic (exact) mass is 345 g/mol. The Morgan fingerprint density at radius 2 is 2.00 bits per heavy atom. The molecule has 5 nitrogen and oxygen atoms in total. The Bertz CT molecular complexity index is 786. The zero-order chi connectivity index (χ0) is 14.8. The van der Waals surface area contributed by atoms with Gasteiger partial charge in [-0.1, -0.05) is 33.2 Å². The molecule has 3 aromatic rings. The summed E-state index contributed by atoms with van der Waals surface area (Å²) in [6.45, 7) is 0. The molecule has 1 aromatic heterocycles. The number of rotatable bonds is 3. The molecule has 0 amide bonds. The number of ether oxygens (including phenoxy) is 1. The fraction of sp³-hybridized carbons (Fsp3) is 0.0667. The van der Waals surface area contributed by atoms with Crippen molar-refractivity contribution in [2.75, 3.05) is 12.8 Å². The van der Waals surface area contributed by atoms with Crippen LogP contribution in [-0.2, 0) is 0 Å². The number of halogens is 1. The highest BCUT2D eigenvalue weighted by molar-refractivity contribution is 9.10. The van der Waals surface area contributed by atoms with Crippen molar-refractivity contribution in [3.63, 3.8) is 0 Å². The molecule has 0 atom stereocenters. The zero-order valence-electron chi connectivity index (χ0n) is 11.2. The summed E-state index contributed by atoms with van der Waals surface area (Å²) in [4.78, 5) is 4.39. The van der Waals surface area contributed by atoms with E-state index >= 15 is 0 Å². The van der Waals surface area contributed by atoms with Gasteiger partial charge in [0.2, 0.25) is 5.82 Å². The molecule has 2 N–H and O–H groups in total. The first-order valence-corrected chi connectivity index (χ1v) is 7.00. The minimum atomic E-state index is 0.416. The van der Waals surface area contributed by atoms with Crippen molar-refractivity contribution in [3.8, 4) is 28.6 Å². The number of hydrogen-bond acceptors (Lipinski definition) is 5. The molecule has 0 radical (unpaired) electrons. The lowest BCUT2D eigenvalue weighted by Crippen LogP contribution is -1.92. The maximum Gasteiger partial charge on any atom is 0.258 e. The third-order valence-corrected chi connectivity index (χ3v) is 3.48. The van der Waals surface area contributed by atoms with E-state index in [0.29, 0.717) is 23.2 Å². The van der Waals surface area contributed by atoms with Gasteiger partial charge in [-0.25, -0.2) is 0 Å². The Hall–Kier alpha value is -2.34. The summed E-state index contributed by atoms with van der Waals surface area (Å²) in [5.74, 6) is 1.56. The minimum Gasteiger partial charge on any atom is -0.495 e. The van der Waals surface area contributed by atoms with E-state index in [0.717, 1.165) is 15.6 Å². The molecule has 21 heavy (non-hydrogen) atoms. The molecule has 0 fully saturated rings. The van der Waals surface area contributed by atoms with Crippen LogP contribution in [0.3, 0.4) is 0 Å². The number of nitrogen functional groups attached to an aromatic ring is 1. The van der Waals surface area contributed by atoms with Crippen LogP contribution in [0.5, 0.6) is 5.75 Å². The molecule has 0 saturated carbocycles. The molecule has 2 aromatic carbocycles. The molecule has 0 spiro atoms. The number of methoxy groups -OCH3 is 1. The first-order valence-electron chi connectivity index (χ1n) is 6.21. The number of aromatic nitrogens is 2. The predicted octanol–water partition coefficient (Wildman–Crippen LogP) is 3.76. The van der Waals surface area contributed by atoms with Crippen molar-refractivity contribution >= 4 is 21.6 Å². The summed E-state index contributed by atoms with van der Waals surface area (Å²) in [6.07, 6.45) is 0. The van der Waals surface area contributed by atoms with Crippen molar-refractivity contribution < 1.29 is 9.26 Å². The normalized spacial score (nSPS) is 10.6. The first kappa shape index (κ1) is 13.6. The third-order valence-electron chi connectivity index (χ3n) is 2.99. The van der Waals surface area contributed by atoms with Crippen LogP contribution < -0.4 is 10.5 Å². The van der Waals surface area contributed by atoms with Gasteiger partial charge in [0.15, 0.2) is 0 Å².